The number of amides is 2. The maximum atomic E-state index is 12.2. The van der Waals surface area contributed by atoms with Crippen molar-refractivity contribution in [3.63, 3.8) is 0 Å². The molecule has 4 rings (SSSR count). The van der Waals surface area contributed by atoms with E-state index in [9.17, 15) is 9.59 Å². The molecular weight excluding hydrogens is 398 g/mol. The Balaban J connectivity index is 1.41. The van der Waals surface area contributed by atoms with Crippen LogP contribution >= 0.6 is 0 Å². The van der Waals surface area contributed by atoms with Crippen molar-refractivity contribution >= 4 is 45.3 Å². The highest BCUT2D eigenvalue weighted by Crippen LogP contribution is 2.27. The summed E-state index contributed by atoms with van der Waals surface area (Å²) in [4.78, 5) is 24.5. The molecule has 0 aliphatic carbocycles. The number of hydrogen-bond donors (Lipinski definition) is 2. The van der Waals surface area contributed by atoms with Gasteiger partial charge in [0.15, 0.2) is 0 Å². The molecule has 5 nitrogen and oxygen atoms in total. The lowest BCUT2D eigenvalue weighted by molar-refractivity contribution is -0.124. The molecule has 0 spiro atoms. The molecular formula is C27H25N3O2. The molecule has 0 aliphatic heterocycles. The van der Waals surface area contributed by atoms with Crippen LogP contribution < -0.4 is 10.7 Å². The molecule has 32 heavy (non-hydrogen) atoms. The molecule has 0 fully saturated rings. The first kappa shape index (κ1) is 21.2. The lowest BCUT2D eigenvalue weighted by Gasteiger charge is -2.09. The monoisotopic (exact) mass is 423 g/mol. The Morgan fingerprint density at radius 1 is 0.812 bits per heavy atom. The Bertz CT molecular complexity index is 1290. The van der Waals surface area contributed by atoms with E-state index in [0.29, 0.717) is 0 Å². The van der Waals surface area contributed by atoms with Crippen molar-refractivity contribution in [3.8, 4) is 0 Å². The second kappa shape index (κ2) is 9.43. The van der Waals surface area contributed by atoms with Crippen LogP contribution in [-0.4, -0.2) is 18.0 Å². The van der Waals surface area contributed by atoms with Crippen LogP contribution in [0.4, 0.5) is 5.69 Å². The molecule has 0 saturated carbocycles. The molecule has 5 heteroatoms. The Labute approximate surface area is 187 Å². The van der Waals surface area contributed by atoms with Crippen LogP contribution in [0.2, 0.25) is 0 Å². The van der Waals surface area contributed by atoms with Crippen molar-refractivity contribution in [2.45, 2.75) is 26.7 Å². The lowest BCUT2D eigenvalue weighted by Crippen LogP contribution is -2.21. The quantitative estimate of drug-likeness (QED) is 0.245. The number of nitrogens with zero attached hydrogens (tertiary/aromatic N) is 1. The standard InChI is InChI=1S/C27H25N3O2/c1-18-11-12-19(2)25(15-18)29-26(31)13-14-27(32)30-28-17-24-22-9-5-3-7-20(22)16-21-8-4-6-10-23(21)24/h3-12,15-17H,13-14H2,1-2H3,(H,29,31)(H,30,32). The van der Waals surface area contributed by atoms with Crippen molar-refractivity contribution in [2.75, 3.05) is 5.32 Å². The lowest BCUT2D eigenvalue weighted by atomic mass is 9.97. The maximum Gasteiger partial charge on any atom is 0.240 e. The number of hydrogen-bond acceptors (Lipinski definition) is 3. The van der Waals surface area contributed by atoms with Gasteiger partial charge in [0.2, 0.25) is 11.8 Å². The normalized spacial score (nSPS) is 11.2. The maximum absolute atomic E-state index is 12.2. The van der Waals surface area contributed by atoms with Gasteiger partial charge in [-0.15, -0.1) is 0 Å². The molecule has 4 aromatic carbocycles. The summed E-state index contributed by atoms with van der Waals surface area (Å²) in [7, 11) is 0. The molecule has 0 unspecified atom stereocenters. The number of anilines is 1. The van der Waals surface area contributed by atoms with Crippen molar-refractivity contribution < 1.29 is 9.59 Å². The highest BCUT2D eigenvalue weighted by Gasteiger charge is 2.09. The molecule has 0 aromatic heterocycles. The second-order valence-corrected chi connectivity index (χ2v) is 7.89. The Morgan fingerprint density at radius 3 is 2.12 bits per heavy atom. The number of hydrazone groups is 1. The topological polar surface area (TPSA) is 70.6 Å². The number of nitrogens with one attached hydrogen (secondary N) is 2. The molecule has 0 atom stereocenters. The van der Waals surface area contributed by atoms with Crippen molar-refractivity contribution in [1.82, 2.24) is 5.43 Å². The van der Waals surface area contributed by atoms with Crippen LogP contribution in [0.3, 0.4) is 0 Å². The minimum absolute atomic E-state index is 0.0598. The molecule has 160 valence electrons. The zero-order valence-corrected chi connectivity index (χ0v) is 18.2. The average molecular weight is 424 g/mol. The summed E-state index contributed by atoms with van der Waals surface area (Å²) in [6, 6.07) is 24.2. The zero-order valence-electron chi connectivity index (χ0n) is 18.2. The van der Waals surface area contributed by atoms with Gasteiger partial charge in [0.25, 0.3) is 0 Å². The fourth-order valence-corrected chi connectivity index (χ4v) is 3.72. The molecule has 0 saturated heterocycles. The first-order valence-electron chi connectivity index (χ1n) is 10.6. The van der Waals surface area contributed by atoms with Crippen LogP contribution in [0.25, 0.3) is 21.5 Å². The van der Waals surface area contributed by atoms with E-state index in [1.165, 1.54) is 0 Å². The van der Waals surface area contributed by atoms with Crippen molar-refractivity contribution in [2.24, 2.45) is 5.10 Å². The summed E-state index contributed by atoms with van der Waals surface area (Å²) in [5, 5.41) is 11.4. The minimum atomic E-state index is -0.304. The van der Waals surface area contributed by atoms with Gasteiger partial charge in [-0.25, -0.2) is 5.43 Å². The first-order valence-corrected chi connectivity index (χ1v) is 10.6. The molecule has 4 aromatic rings. The molecule has 0 aliphatic rings. The largest absolute Gasteiger partial charge is 0.326 e. The number of fused-ring (bicyclic) bond motifs is 2. The summed E-state index contributed by atoms with van der Waals surface area (Å²) in [6.07, 6.45) is 1.83. The van der Waals surface area contributed by atoms with E-state index in [4.69, 9.17) is 0 Å². The third-order valence-corrected chi connectivity index (χ3v) is 5.44. The molecule has 2 amide bonds. The Morgan fingerprint density at radius 2 is 1.44 bits per heavy atom. The van der Waals surface area contributed by atoms with Gasteiger partial charge in [-0.1, -0.05) is 60.7 Å². The van der Waals surface area contributed by atoms with Crippen LogP contribution in [0, 0.1) is 13.8 Å². The fourth-order valence-electron chi connectivity index (χ4n) is 3.72. The van der Waals surface area contributed by atoms with Crippen LogP contribution in [-0.2, 0) is 9.59 Å². The number of rotatable bonds is 6. The van der Waals surface area contributed by atoms with E-state index in [-0.39, 0.29) is 24.7 Å². The molecule has 0 radical (unpaired) electrons. The van der Waals surface area contributed by atoms with Crippen LogP contribution in [0.1, 0.15) is 29.5 Å². The average Bonchev–Trinajstić information content (AvgIpc) is 2.79. The number of benzene rings is 4. The van der Waals surface area contributed by atoms with Gasteiger partial charge in [0.05, 0.1) is 6.21 Å². The smallest absolute Gasteiger partial charge is 0.240 e. The van der Waals surface area contributed by atoms with Gasteiger partial charge in [-0.2, -0.15) is 5.10 Å². The number of aryl methyl sites for hydroxylation is 2. The predicted octanol–water partition coefficient (Wildman–Crippen LogP) is 5.48. The molecule has 0 heterocycles. The van der Waals surface area contributed by atoms with Gasteiger partial charge in [-0.05, 0) is 58.7 Å². The SMILES string of the molecule is Cc1ccc(C)c(NC(=O)CCC(=O)NN=Cc2c3ccccc3cc3ccccc23)c1. The summed E-state index contributed by atoms with van der Waals surface area (Å²) < 4.78 is 0. The second-order valence-electron chi connectivity index (χ2n) is 7.89. The highest BCUT2D eigenvalue weighted by atomic mass is 16.2. The number of carbonyl (C=O) groups excluding carboxylic acids is 2. The Kier molecular flexibility index (Phi) is 6.26. The molecule has 2 N–H and O–H groups in total. The van der Waals surface area contributed by atoms with E-state index >= 15 is 0 Å². The van der Waals surface area contributed by atoms with Gasteiger partial charge in [-0.3, -0.25) is 9.59 Å². The van der Waals surface area contributed by atoms with Gasteiger partial charge >= 0.3 is 0 Å². The van der Waals surface area contributed by atoms with Gasteiger partial charge in [0, 0.05) is 24.1 Å². The zero-order chi connectivity index (χ0) is 22.5. The minimum Gasteiger partial charge on any atom is -0.326 e. The van der Waals surface area contributed by atoms with Gasteiger partial charge in [0.1, 0.15) is 0 Å². The van der Waals surface area contributed by atoms with E-state index < -0.39 is 0 Å². The van der Waals surface area contributed by atoms with Crippen molar-refractivity contribution in [1.29, 1.82) is 0 Å². The van der Waals surface area contributed by atoms with Crippen LogP contribution in [0.5, 0.6) is 0 Å². The van der Waals surface area contributed by atoms with E-state index in [1.807, 2.05) is 68.4 Å². The summed E-state index contributed by atoms with van der Waals surface area (Å²) in [6.45, 7) is 3.91. The van der Waals surface area contributed by atoms with Crippen LogP contribution in [0.15, 0.2) is 77.9 Å². The van der Waals surface area contributed by atoms with Crippen molar-refractivity contribution in [3.05, 3.63) is 89.5 Å². The first-order chi connectivity index (χ1) is 15.5. The highest BCUT2D eigenvalue weighted by molar-refractivity contribution is 6.13. The fraction of sp³-hybridized carbons (Fsp3) is 0.148. The molecule has 0 bridgehead atoms. The summed E-state index contributed by atoms with van der Waals surface area (Å²) >= 11 is 0. The number of carbonyl (C=O) groups is 2. The third kappa shape index (κ3) is 4.83. The summed E-state index contributed by atoms with van der Waals surface area (Å²) in [5.74, 6) is -0.500. The summed E-state index contributed by atoms with van der Waals surface area (Å²) in [5.41, 5.74) is 6.33. The predicted molar refractivity (Wildman–Crippen MR) is 131 cm³/mol. The van der Waals surface area contributed by atoms with Gasteiger partial charge < -0.3 is 5.32 Å². The Hall–Kier alpha value is -3.99. The van der Waals surface area contributed by atoms with E-state index in [0.717, 1.165) is 43.9 Å². The van der Waals surface area contributed by atoms with E-state index in [1.54, 1.807) is 6.21 Å². The third-order valence-electron chi connectivity index (χ3n) is 5.44. The van der Waals surface area contributed by atoms with E-state index in [2.05, 4.69) is 34.0 Å².